The van der Waals surface area contributed by atoms with E-state index in [0.717, 1.165) is 5.56 Å². The summed E-state index contributed by atoms with van der Waals surface area (Å²) in [6.45, 7) is -1.09. The van der Waals surface area contributed by atoms with Crippen LogP contribution < -0.4 is 14.2 Å². The van der Waals surface area contributed by atoms with E-state index in [1.54, 1.807) is 18.2 Å². The topological polar surface area (TPSA) is 255 Å². The van der Waals surface area contributed by atoms with Crippen molar-refractivity contribution < 1.29 is 79.2 Å². The number of phenols is 1. The smallest absolute Gasteiger partial charge is 0.306 e. The summed E-state index contributed by atoms with van der Waals surface area (Å²) in [7, 11) is 1.40. The summed E-state index contributed by atoms with van der Waals surface area (Å²) in [5.41, 5.74) is 1.43. The molecule has 47 heavy (non-hydrogen) atoms. The summed E-state index contributed by atoms with van der Waals surface area (Å²) < 4.78 is 32.5. The summed E-state index contributed by atoms with van der Waals surface area (Å²) in [5.74, 6) is -0.314. The van der Waals surface area contributed by atoms with E-state index in [-0.39, 0.29) is 36.0 Å². The lowest BCUT2D eigenvalue weighted by Gasteiger charge is -2.39. The highest BCUT2D eigenvalue weighted by molar-refractivity contribution is 5.69. The van der Waals surface area contributed by atoms with Gasteiger partial charge in [0.05, 0.1) is 26.9 Å². The maximum Gasteiger partial charge on any atom is 0.306 e. The second-order valence-electron chi connectivity index (χ2n) is 11.2. The number of aromatic hydroxyl groups is 1. The average molecular weight is 671 g/mol. The Morgan fingerprint density at radius 3 is 1.77 bits per heavy atom. The molecule has 2 heterocycles. The van der Waals surface area contributed by atoms with Gasteiger partial charge in [0, 0.05) is 6.42 Å². The number of aryl methyl sites for hydroxylation is 2. The number of methoxy groups -OCH3 is 1. The molecule has 2 aliphatic heterocycles. The number of aliphatic hydroxyl groups excluding tert-OH is 8. The van der Waals surface area contributed by atoms with Crippen molar-refractivity contribution in [3.05, 3.63) is 47.5 Å². The fraction of sp³-hybridized carbons (Fsp3) is 0.581. The van der Waals surface area contributed by atoms with Crippen molar-refractivity contribution in [2.75, 3.05) is 26.9 Å². The van der Waals surface area contributed by atoms with Crippen LogP contribution in [0.5, 0.6) is 23.0 Å². The first-order valence-electron chi connectivity index (χ1n) is 15.1. The molecule has 16 nitrogen and oxygen atoms in total. The number of ether oxygens (including phenoxy) is 6. The second-order valence-corrected chi connectivity index (χ2v) is 11.2. The Kier molecular flexibility index (Phi) is 13.0. The van der Waals surface area contributed by atoms with Crippen molar-refractivity contribution in [3.8, 4) is 23.0 Å². The zero-order valence-corrected chi connectivity index (χ0v) is 25.6. The van der Waals surface area contributed by atoms with Crippen molar-refractivity contribution in [2.24, 2.45) is 0 Å². The van der Waals surface area contributed by atoms with Crippen LogP contribution in [-0.4, -0.2) is 140 Å². The number of carbonyl (C=O) groups is 1. The highest BCUT2D eigenvalue weighted by Gasteiger charge is 2.46. The molecule has 10 atom stereocenters. The monoisotopic (exact) mass is 670 g/mol. The molecule has 0 saturated carbocycles. The van der Waals surface area contributed by atoms with Gasteiger partial charge in [-0.2, -0.15) is 0 Å². The molecule has 2 fully saturated rings. The predicted molar refractivity (Wildman–Crippen MR) is 157 cm³/mol. The third-order valence-corrected chi connectivity index (χ3v) is 7.93. The van der Waals surface area contributed by atoms with Crippen molar-refractivity contribution in [2.45, 2.75) is 87.1 Å². The van der Waals surface area contributed by atoms with Crippen molar-refractivity contribution in [1.82, 2.24) is 0 Å². The highest BCUT2D eigenvalue weighted by Crippen LogP contribution is 2.33. The third-order valence-electron chi connectivity index (χ3n) is 7.93. The van der Waals surface area contributed by atoms with Crippen LogP contribution in [0.2, 0.25) is 0 Å². The number of phenolic OH excluding ortho intramolecular Hbond substituents is 1. The molecule has 2 saturated heterocycles. The van der Waals surface area contributed by atoms with Gasteiger partial charge in [-0.15, -0.1) is 0 Å². The molecule has 0 aromatic heterocycles. The molecule has 262 valence electrons. The molecule has 9 N–H and O–H groups in total. The van der Waals surface area contributed by atoms with Gasteiger partial charge in [-0.1, -0.05) is 12.1 Å². The molecule has 2 aliphatic rings. The fourth-order valence-electron chi connectivity index (χ4n) is 5.14. The van der Waals surface area contributed by atoms with E-state index < -0.39 is 80.6 Å². The molecule has 2 aromatic rings. The van der Waals surface area contributed by atoms with Gasteiger partial charge in [0.15, 0.2) is 23.0 Å². The van der Waals surface area contributed by atoms with E-state index in [1.807, 2.05) is 0 Å². The van der Waals surface area contributed by atoms with Gasteiger partial charge in [-0.3, -0.25) is 4.79 Å². The zero-order chi connectivity index (χ0) is 34.2. The third kappa shape index (κ3) is 8.99. The number of hydrogen-bond acceptors (Lipinski definition) is 16. The maximum absolute atomic E-state index is 12.3. The van der Waals surface area contributed by atoms with Crippen LogP contribution in [0.1, 0.15) is 24.0 Å². The normalized spacial score (nSPS) is 30.8. The number of aliphatic hydroxyl groups is 8. The number of rotatable bonds is 14. The van der Waals surface area contributed by atoms with E-state index in [0.29, 0.717) is 24.8 Å². The van der Waals surface area contributed by atoms with Gasteiger partial charge in [-0.05, 0) is 54.7 Å². The zero-order valence-electron chi connectivity index (χ0n) is 25.6. The molecule has 2 aromatic carbocycles. The predicted octanol–water partition coefficient (Wildman–Crippen LogP) is -2.13. The van der Waals surface area contributed by atoms with E-state index in [9.17, 15) is 50.8 Å². The first kappa shape index (κ1) is 36.5. The minimum atomic E-state index is -1.62. The van der Waals surface area contributed by atoms with E-state index in [1.165, 1.54) is 25.3 Å². The van der Waals surface area contributed by atoms with Crippen molar-refractivity contribution in [1.29, 1.82) is 0 Å². The molecule has 0 bridgehead atoms. The number of hydrogen-bond donors (Lipinski definition) is 9. The Hall–Kier alpha value is -3.29. The number of carbonyl (C=O) groups excluding carboxylic acids is 1. The van der Waals surface area contributed by atoms with Crippen LogP contribution in [0.3, 0.4) is 0 Å². The summed E-state index contributed by atoms with van der Waals surface area (Å²) >= 11 is 0. The Balaban J connectivity index is 1.20. The Labute approximate surface area is 269 Å². The lowest BCUT2D eigenvalue weighted by molar-refractivity contribution is -0.277. The standard InChI is InChI=1S/C31H42O16/c1-42-20-12-16(5-8-19(20)45-31-29(41)27(39)25(37)22(14-33)47-31)6-9-23(35)43-10-2-3-15-4-7-18(17(34)11-15)44-30-28(40)26(38)24(36)21(13-32)46-30/h4-5,7-8,11-12,21-22,24-34,36-41H,2-3,6,9-10,13-14H2,1H3. The Bertz CT molecular complexity index is 1300. The van der Waals surface area contributed by atoms with Crippen molar-refractivity contribution >= 4 is 5.97 Å². The largest absolute Gasteiger partial charge is 0.504 e. The molecule has 10 unspecified atom stereocenters. The summed E-state index contributed by atoms with van der Waals surface area (Å²) in [4.78, 5) is 12.3. The van der Waals surface area contributed by atoms with E-state index in [2.05, 4.69) is 0 Å². The van der Waals surface area contributed by atoms with Crippen LogP contribution in [0.4, 0.5) is 0 Å². The van der Waals surface area contributed by atoms with Crippen LogP contribution in [0, 0.1) is 0 Å². The molecular weight excluding hydrogens is 628 g/mol. The molecule has 0 radical (unpaired) electrons. The summed E-state index contributed by atoms with van der Waals surface area (Å²) in [6.07, 6.45) is -13.3. The van der Waals surface area contributed by atoms with Crippen molar-refractivity contribution in [3.63, 3.8) is 0 Å². The molecule has 0 amide bonds. The second kappa shape index (κ2) is 16.7. The first-order valence-corrected chi connectivity index (χ1v) is 15.1. The van der Waals surface area contributed by atoms with Crippen LogP contribution in [-0.2, 0) is 31.8 Å². The maximum atomic E-state index is 12.3. The Morgan fingerprint density at radius 1 is 0.702 bits per heavy atom. The molecule has 16 heteroatoms. The SMILES string of the molecule is COc1cc(CCC(=O)OCCCc2ccc(OC3OC(CO)C(O)C(O)C3O)c(O)c2)ccc1OC1OC(CO)C(O)C(O)C1O. The van der Waals surface area contributed by atoms with E-state index >= 15 is 0 Å². The minimum Gasteiger partial charge on any atom is -0.504 e. The lowest BCUT2D eigenvalue weighted by atomic mass is 9.99. The lowest BCUT2D eigenvalue weighted by Crippen LogP contribution is -2.60. The van der Waals surface area contributed by atoms with E-state index in [4.69, 9.17) is 28.4 Å². The summed E-state index contributed by atoms with van der Waals surface area (Å²) in [6, 6.07) is 9.36. The van der Waals surface area contributed by atoms with Gasteiger partial charge in [-0.25, -0.2) is 0 Å². The molecular formula is C31H42O16. The average Bonchev–Trinajstić information content (AvgIpc) is 3.07. The Morgan fingerprint density at radius 2 is 1.23 bits per heavy atom. The van der Waals surface area contributed by atoms with Crippen LogP contribution >= 0.6 is 0 Å². The van der Waals surface area contributed by atoms with Gasteiger partial charge >= 0.3 is 5.97 Å². The van der Waals surface area contributed by atoms with Gasteiger partial charge in [0.2, 0.25) is 12.6 Å². The quantitative estimate of drug-likeness (QED) is 0.0768. The highest BCUT2D eigenvalue weighted by atomic mass is 16.7. The number of esters is 1. The van der Waals surface area contributed by atoms with Gasteiger partial charge < -0.3 is 74.4 Å². The fourth-order valence-corrected chi connectivity index (χ4v) is 5.14. The van der Waals surface area contributed by atoms with Gasteiger partial charge in [0.1, 0.15) is 48.8 Å². The molecule has 4 rings (SSSR count). The van der Waals surface area contributed by atoms with Gasteiger partial charge in [0.25, 0.3) is 0 Å². The molecule has 0 spiro atoms. The summed E-state index contributed by atoms with van der Waals surface area (Å²) in [5, 5.41) is 89.2. The van der Waals surface area contributed by atoms with Crippen LogP contribution in [0.15, 0.2) is 36.4 Å². The first-order chi connectivity index (χ1) is 22.5. The van der Waals surface area contributed by atoms with Crippen LogP contribution in [0.25, 0.3) is 0 Å². The minimum absolute atomic E-state index is 0.0467. The number of benzene rings is 2. The molecule has 0 aliphatic carbocycles.